The van der Waals surface area contributed by atoms with E-state index in [0.717, 1.165) is 5.75 Å². The maximum Gasteiger partial charge on any atom is 0.257 e. The van der Waals surface area contributed by atoms with E-state index in [2.05, 4.69) is 10.6 Å². The molecule has 0 fully saturated rings. The molecular formula is C22H20N2O4S. The summed E-state index contributed by atoms with van der Waals surface area (Å²) in [6.45, 7) is 0.799. The Labute approximate surface area is 174 Å². The van der Waals surface area contributed by atoms with Gasteiger partial charge in [0, 0.05) is 5.56 Å². The van der Waals surface area contributed by atoms with Crippen molar-refractivity contribution in [2.45, 2.75) is 0 Å². The number of hydrogen-bond donors (Lipinski definition) is 3. The quantitative estimate of drug-likeness (QED) is 0.312. The third-order valence-corrected chi connectivity index (χ3v) is 4.06. The Bertz CT molecular complexity index is 962. The molecule has 7 heteroatoms. The van der Waals surface area contributed by atoms with E-state index in [1.54, 1.807) is 42.5 Å². The van der Waals surface area contributed by atoms with Gasteiger partial charge in [0.25, 0.3) is 5.91 Å². The fourth-order valence-corrected chi connectivity index (χ4v) is 2.65. The molecule has 0 spiro atoms. The average Bonchev–Trinajstić information content (AvgIpc) is 2.74. The summed E-state index contributed by atoms with van der Waals surface area (Å²) >= 11 is 5.12. The second-order valence-corrected chi connectivity index (χ2v) is 6.37. The molecule has 0 radical (unpaired) electrons. The third kappa shape index (κ3) is 6.22. The van der Waals surface area contributed by atoms with Crippen molar-refractivity contribution in [3.63, 3.8) is 0 Å². The van der Waals surface area contributed by atoms with Crippen molar-refractivity contribution in [1.29, 1.82) is 0 Å². The topological polar surface area (TPSA) is 79.8 Å². The first-order valence-corrected chi connectivity index (χ1v) is 9.34. The molecule has 3 N–H and O–H groups in total. The zero-order valence-electron chi connectivity index (χ0n) is 15.5. The third-order valence-electron chi connectivity index (χ3n) is 3.86. The van der Waals surface area contributed by atoms with E-state index in [1.807, 2.05) is 30.3 Å². The van der Waals surface area contributed by atoms with Crippen molar-refractivity contribution in [3.05, 3.63) is 84.4 Å². The minimum atomic E-state index is -0.364. The van der Waals surface area contributed by atoms with Crippen LogP contribution in [-0.2, 0) is 0 Å². The zero-order valence-corrected chi connectivity index (χ0v) is 16.3. The van der Waals surface area contributed by atoms with Crippen molar-refractivity contribution in [1.82, 2.24) is 5.32 Å². The maximum absolute atomic E-state index is 12.3. The standard InChI is InChI=1S/C22H20N2O4S/c25-20-9-5-4-8-19(20)23-22(29)24-21(26)16-10-12-18(13-11-16)28-15-14-27-17-6-2-1-3-7-17/h1-13,25H,14-15H2,(H2,23,24,26,29). The molecule has 0 saturated carbocycles. The molecule has 0 heterocycles. The predicted octanol–water partition coefficient (Wildman–Crippen LogP) is 3.98. The second kappa shape index (κ2) is 10.1. The highest BCUT2D eigenvalue weighted by atomic mass is 32.1. The van der Waals surface area contributed by atoms with Gasteiger partial charge in [-0.1, -0.05) is 30.3 Å². The summed E-state index contributed by atoms with van der Waals surface area (Å²) in [5.74, 6) is 1.10. The molecule has 0 aliphatic rings. The molecule has 0 aliphatic heterocycles. The molecule has 0 atom stereocenters. The number of carbonyl (C=O) groups is 1. The molecule has 0 aromatic heterocycles. The van der Waals surface area contributed by atoms with Crippen LogP contribution in [0.2, 0.25) is 0 Å². The molecule has 148 valence electrons. The molecular weight excluding hydrogens is 388 g/mol. The Kier molecular flexibility index (Phi) is 7.02. The van der Waals surface area contributed by atoms with Crippen molar-refractivity contribution in [2.24, 2.45) is 0 Å². The van der Waals surface area contributed by atoms with Crippen molar-refractivity contribution in [2.75, 3.05) is 18.5 Å². The largest absolute Gasteiger partial charge is 0.506 e. The molecule has 29 heavy (non-hydrogen) atoms. The summed E-state index contributed by atoms with van der Waals surface area (Å²) < 4.78 is 11.2. The number of carbonyl (C=O) groups excluding carboxylic acids is 1. The number of thiocarbonyl (C=S) groups is 1. The smallest absolute Gasteiger partial charge is 0.257 e. The van der Waals surface area contributed by atoms with Gasteiger partial charge < -0.3 is 19.9 Å². The van der Waals surface area contributed by atoms with E-state index in [1.165, 1.54) is 6.07 Å². The first kappa shape index (κ1) is 20.2. The number of hydrogen-bond acceptors (Lipinski definition) is 5. The lowest BCUT2D eigenvalue weighted by molar-refractivity contribution is 0.0977. The number of anilines is 1. The number of nitrogens with one attached hydrogen (secondary N) is 2. The number of amides is 1. The summed E-state index contributed by atoms with van der Waals surface area (Å²) in [5.41, 5.74) is 0.846. The molecule has 3 rings (SSSR count). The number of phenolic OH excluding ortho intramolecular Hbond substituents is 1. The van der Waals surface area contributed by atoms with E-state index in [-0.39, 0.29) is 16.8 Å². The van der Waals surface area contributed by atoms with Gasteiger partial charge in [0.1, 0.15) is 30.5 Å². The molecule has 0 saturated heterocycles. The van der Waals surface area contributed by atoms with Crippen LogP contribution in [0.15, 0.2) is 78.9 Å². The minimum absolute atomic E-state index is 0.0434. The van der Waals surface area contributed by atoms with Crippen LogP contribution < -0.4 is 20.1 Å². The minimum Gasteiger partial charge on any atom is -0.506 e. The van der Waals surface area contributed by atoms with Gasteiger partial charge in [-0.15, -0.1) is 0 Å². The monoisotopic (exact) mass is 408 g/mol. The van der Waals surface area contributed by atoms with Gasteiger partial charge in [-0.05, 0) is 60.7 Å². The molecule has 0 bridgehead atoms. The van der Waals surface area contributed by atoms with Gasteiger partial charge in [-0.25, -0.2) is 0 Å². The van der Waals surface area contributed by atoms with Gasteiger partial charge in [-0.2, -0.15) is 0 Å². The van der Waals surface area contributed by atoms with E-state index < -0.39 is 0 Å². The zero-order chi connectivity index (χ0) is 20.5. The van der Waals surface area contributed by atoms with Crippen LogP contribution in [-0.4, -0.2) is 29.3 Å². The van der Waals surface area contributed by atoms with Crippen LogP contribution in [0, 0.1) is 0 Å². The van der Waals surface area contributed by atoms with Crippen LogP contribution >= 0.6 is 12.2 Å². The first-order valence-electron chi connectivity index (χ1n) is 8.93. The lowest BCUT2D eigenvalue weighted by Crippen LogP contribution is -2.34. The summed E-state index contributed by atoms with van der Waals surface area (Å²) in [7, 11) is 0. The molecule has 0 aliphatic carbocycles. The van der Waals surface area contributed by atoms with E-state index in [9.17, 15) is 9.90 Å². The van der Waals surface area contributed by atoms with Crippen molar-refractivity contribution >= 4 is 28.9 Å². The van der Waals surface area contributed by atoms with E-state index in [0.29, 0.717) is 30.2 Å². The van der Waals surface area contributed by atoms with Crippen LogP contribution in [0.3, 0.4) is 0 Å². The van der Waals surface area contributed by atoms with Crippen LogP contribution in [0.1, 0.15) is 10.4 Å². The first-order chi connectivity index (χ1) is 14.1. The van der Waals surface area contributed by atoms with Gasteiger partial charge in [0.2, 0.25) is 0 Å². The highest BCUT2D eigenvalue weighted by Crippen LogP contribution is 2.21. The summed E-state index contributed by atoms with van der Waals surface area (Å²) in [6.07, 6.45) is 0. The highest BCUT2D eigenvalue weighted by Gasteiger charge is 2.09. The molecule has 6 nitrogen and oxygen atoms in total. The Hall–Kier alpha value is -3.58. The molecule has 3 aromatic carbocycles. The van der Waals surface area contributed by atoms with Gasteiger partial charge in [0.15, 0.2) is 5.11 Å². The van der Waals surface area contributed by atoms with Crippen molar-refractivity contribution in [3.8, 4) is 17.2 Å². The Morgan fingerprint density at radius 2 is 1.41 bits per heavy atom. The number of aromatic hydroxyl groups is 1. The van der Waals surface area contributed by atoms with Gasteiger partial charge in [-0.3, -0.25) is 10.1 Å². The lowest BCUT2D eigenvalue weighted by Gasteiger charge is -2.11. The molecule has 1 amide bonds. The lowest BCUT2D eigenvalue weighted by atomic mass is 10.2. The fourth-order valence-electron chi connectivity index (χ4n) is 2.45. The summed E-state index contributed by atoms with van der Waals surface area (Å²) in [5, 5.41) is 15.2. The summed E-state index contributed by atoms with van der Waals surface area (Å²) in [6, 6.07) is 22.8. The maximum atomic E-state index is 12.3. The predicted molar refractivity (Wildman–Crippen MR) is 116 cm³/mol. The highest BCUT2D eigenvalue weighted by molar-refractivity contribution is 7.80. The fraction of sp³-hybridized carbons (Fsp3) is 0.0909. The van der Waals surface area contributed by atoms with Gasteiger partial charge in [0.05, 0.1) is 5.69 Å². The van der Waals surface area contributed by atoms with E-state index in [4.69, 9.17) is 21.7 Å². The van der Waals surface area contributed by atoms with Crippen LogP contribution in [0.4, 0.5) is 5.69 Å². The van der Waals surface area contributed by atoms with Gasteiger partial charge >= 0.3 is 0 Å². The van der Waals surface area contributed by atoms with Crippen LogP contribution in [0.5, 0.6) is 17.2 Å². The number of para-hydroxylation sites is 3. The Morgan fingerprint density at radius 3 is 2.07 bits per heavy atom. The second-order valence-electron chi connectivity index (χ2n) is 5.96. The average molecular weight is 408 g/mol. The number of ether oxygens (including phenoxy) is 2. The number of phenols is 1. The summed E-state index contributed by atoms with van der Waals surface area (Å²) in [4.78, 5) is 12.3. The Balaban J connectivity index is 1.44. The normalized spacial score (nSPS) is 10.1. The Morgan fingerprint density at radius 1 is 0.828 bits per heavy atom. The van der Waals surface area contributed by atoms with E-state index >= 15 is 0 Å². The van der Waals surface area contributed by atoms with Crippen LogP contribution in [0.25, 0.3) is 0 Å². The number of benzene rings is 3. The SMILES string of the molecule is O=C(NC(=S)Nc1ccccc1O)c1ccc(OCCOc2ccccc2)cc1. The van der Waals surface area contributed by atoms with Crippen molar-refractivity contribution < 1.29 is 19.4 Å². The molecule has 3 aromatic rings. The molecule has 0 unspecified atom stereocenters. The number of rotatable bonds is 7.